The summed E-state index contributed by atoms with van der Waals surface area (Å²) in [5.41, 5.74) is 5.95. The van der Waals surface area contributed by atoms with Crippen LogP contribution in [0.1, 0.15) is 31.4 Å². The van der Waals surface area contributed by atoms with Crippen LogP contribution >= 0.6 is 0 Å². The van der Waals surface area contributed by atoms with Crippen LogP contribution in [0.4, 0.5) is 8.78 Å². The number of alkyl halides is 2. The molecule has 3 nitrogen and oxygen atoms in total. The third-order valence-electron chi connectivity index (χ3n) is 2.95. The second-order valence-corrected chi connectivity index (χ2v) is 4.10. The molecule has 1 saturated carbocycles. The van der Waals surface area contributed by atoms with Crippen molar-refractivity contribution in [2.45, 2.75) is 37.1 Å². The molecule has 82 valence electrons. The zero-order valence-corrected chi connectivity index (χ0v) is 8.29. The summed E-state index contributed by atoms with van der Waals surface area (Å²) in [5.74, 6) is -2.56. The van der Waals surface area contributed by atoms with Gasteiger partial charge in [-0.1, -0.05) is 0 Å². The third-order valence-corrected chi connectivity index (χ3v) is 2.95. The zero-order valence-electron chi connectivity index (χ0n) is 8.29. The van der Waals surface area contributed by atoms with Gasteiger partial charge in [-0.2, -0.15) is 0 Å². The molecule has 0 spiro atoms. The molecular formula is C10H13F2N3. The Balaban J connectivity index is 2.17. The summed E-state index contributed by atoms with van der Waals surface area (Å²) in [6.45, 7) is 0. The normalized spacial score (nSPS) is 23.7. The van der Waals surface area contributed by atoms with E-state index in [1.54, 1.807) is 12.4 Å². The van der Waals surface area contributed by atoms with Crippen LogP contribution in [0, 0.1) is 0 Å². The molecule has 1 aliphatic rings. The number of hydrogen-bond acceptors (Lipinski definition) is 3. The Morgan fingerprint density at radius 2 is 1.80 bits per heavy atom. The van der Waals surface area contributed by atoms with Gasteiger partial charge in [0.15, 0.2) is 0 Å². The molecule has 0 amide bonds. The van der Waals surface area contributed by atoms with Gasteiger partial charge in [-0.15, -0.1) is 0 Å². The van der Waals surface area contributed by atoms with Crippen molar-refractivity contribution in [1.29, 1.82) is 0 Å². The summed E-state index contributed by atoms with van der Waals surface area (Å²) in [5, 5.41) is 0. The molecule has 15 heavy (non-hydrogen) atoms. The molecule has 0 bridgehead atoms. The lowest BCUT2D eigenvalue weighted by Gasteiger charge is -2.36. The van der Waals surface area contributed by atoms with Crippen molar-refractivity contribution >= 4 is 0 Å². The second kappa shape index (κ2) is 3.48. The standard InChI is InChI=1S/C10H13F2N3/c11-10(12)3-1-9(13,2-4-10)8-7-14-5-6-15-8/h5-7H,1-4,13H2. The van der Waals surface area contributed by atoms with E-state index in [0.29, 0.717) is 5.69 Å². The maximum absolute atomic E-state index is 13.0. The number of nitrogens with zero attached hydrogens (tertiary/aromatic N) is 2. The number of halogens is 2. The van der Waals surface area contributed by atoms with Crippen LogP contribution in [0.25, 0.3) is 0 Å². The molecule has 0 aliphatic heterocycles. The Morgan fingerprint density at radius 3 is 2.33 bits per heavy atom. The maximum Gasteiger partial charge on any atom is 0.248 e. The van der Waals surface area contributed by atoms with Crippen molar-refractivity contribution in [3.05, 3.63) is 24.3 Å². The smallest absolute Gasteiger partial charge is 0.248 e. The van der Waals surface area contributed by atoms with E-state index in [9.17, 15) is 8.78 Å². The summed E-state index contributed by atoms with van der Waals surface area (Å²) >= 11 is 0. The average Bonchev–Trinajstić information content (AvgIpc) is 2.24. The highest BCUT2D eigenvalue weighted by Crippen LogP contribution is 2.41. The van der Waals surface area contributed by atoms with Gasteiger partial charge in [0.25, 0.3) is 0 Å². The molecule has 1 aromatic rings. The second-order valence-electron chi connectivity index (χ2n) is 4.10. The maximum atomic E-state index is 13.0. The monoisotopic (exact) mass is 213 g/mol. The van der Waals surface area contributed by atoms with Crippen LogP contribution in [0.5, 0.6) is 0 Å². The van der Waals surface area contributed by atoms with Crippen LogP contribution < -0.4 is 5.73 Å². The Morgan fingerprint density at radius 1 is 1.13 bits per heavy atom. The molecule has 2 N–H and O–H groups in total. The van der Waals surface area contributed by atoms with Crippen molar-refractivity contribution in [3.8, 4) is 0 Å². The minimum atomic E-state index is -2.56. The van der Waals surface area contributed by atoms with Gasteiger partial charge in [0.05, 0.1) is 17.4 Å². The lowest BCUT2D eigenvalue weighted by molar-refractivity contribution is -0.0519. The number of hydrogen-bond donors (Lipinski definition) is 1. The molecule has 1 aromatic heterocycles. The van der Waals surface area contributed by atoms with Crippen LogP contribution in [-0.4, -0.2) is 15.9 Å². The van der Waals surface area contributed by atoms with Crippen molar-refractivity contribution in [2.24, 2.45) is 5.73 Å². The number of aromatic nitrogens is 2. The SMILES string of the molecule is NC1(c2cnccn2)CCC(F)(F)CC1. The minimum Gasteiger partial charge on any atom is -0.320 e. The van der Waals surface area contributed by atoms with Crippen molar-refractivity contribution in [1.82, 2.24) is 9.97 Å². The average molecular weight is 213 g/mol. The molecule has 0 unspecified atom stereocenters. The van der Waals surface area contributed by atoms with Gasteiger partial charge < -0.3 is 5.73 Å². The van der Waals surface area contributed by atoms with Gasteiger partial charge in [-0.25, -0.2) is 8.78 Å². The summed E-state index contributed by atoms with van der Waals surface area (Å²) in [7, 11) is 0. The lowest BCUT2D eigenvalue weighted by Crippen LogP contribution is -2.44. The number of rotatable bonds is 1. The predicted molar refractivity (Wildman–Crippen MR) is 51.3 cm³/mol. The molecule has 0 atom stereocenters. The zero-order chi connectivity index (χ0) is 10.9. The summed E-state index contributed by atoms with van der Waals surface area (Å²) in [4.78, 5) is 8.00. The van der Waals surface area contributed by atoms with Gasteiger partial charge in [0.1, 0.15) is 0 Å². The van der Waals surface area contributed by atoms with E-state index < -0.39 is 11.5 Å². The van der Waals surface area contributed by atoms with Crippen LogP contribution in [-0.2, 0) is 5.54 Å². The van der Waals surface area contributed by atoms with Crippen molar-refractivity contribution in [3.63, 3.8) is 0 Å². The first-order chi connectivity index (χ1) is 7.02. The van der Waals surface area contributed by atoms with Crippen LogP contribution in [0.3, 0.4) is 0 Å². The van der Waals surface area contributed by atoms with Crippen molar-refractivity contribution < 1.29 is 8.78 Å². The molecule has 5 heteroatoms. The first-order valence-corrected chi connectivity index (χ1v) is 4.95. The van der Waals surface area contributed by atoms with E-state index >= 15 is 0 Å². The molecule has 2 rings (SSSR count). The highest BCUT2D eigenvalue weighted by Gasteiger charge is 2.42. The highest BCUT2D eigenvalue weighted by molar-refractivity contribution is 5.12. The third kappa shape index (κ3) is 2.12. The van der Waals surface area contributed by atoms with E-state index in [1.807, 2.05) is 0 Å². The van der Waals surface area contributed by atoms with Crippen LogP contribution in [0.15, 0.2) is 18.6 Å². The largest absolute Gasteiger partial charge is 0.320 e. The Labute approximate surface area is 86.7 Å². The van der Waals surface area contributed by atoms with E-state index in [0.717, 1.165) is 0 Å². The van der Waals surface area contributed by atoms with Gasteiger partial charge in [-0.05, 0) is 12.8 Å². The van der Waals surface area contributed by atoms with Gasteiger partial charge in [0.2, 0.25) is 5.92 Å². The predicted octanol–water partition coefficient (Wildman–Crippen LogP) is 1.84. The van der Waals surface area contributed by atoms with Gasteiger partial charge >= 0.3 is 0 Å². The highest BCUT2D eigenvalue weighted by atomic mass is 19.3. The lowest BCUT2D eigenvalue weighted by atomic mass is 9.78. The molecule has 0 radical (unpaired) electrons. The molecule has 1 heterocycles. The molecule has 0 saturated heterocycles. The van der Waals surface area contributed by atoms with E-state index in [2.05, 4.69) is 9.97 Å². The van der Waals surface area contributed by atoms with Gasteiger partial charge in [-0.3, -0.25) is 9.97 Å². The Bertz CT molecular complexity index is 330. The molecule has 1 fully saturated rings. The minimum absolute atomic E-state index is 0.167. The molecule has 1 aliphatic carbocycles. The van der Waals surface area contributed by atoms with E-state index in [-0.39, 0.29) is 25.7 Å². The fourth-order valence-electron chi connectivity index (χ4n) is 1.87. The fourth-order valence-corrected chi connectivity index (χ4v) is 1.87. The quantitative estimate of drug-likeness (QED) is 0.774. The first-order valence-electron chi connectivity index (χ1n) is 4.95. The Hall–Kier alpha value is -1.10. The summed E-state index contributed by atoms with van der Waals surface area (Å²) in [6, 6.07) is 0. The molecule has 0 aromatic carbocycles. The summed E-state index contributed by atoms with van der Waals surface area (Å²) in [6.07, 6.45) is 4.84. The topological polar surface area (TPSA) is 51.8 Å². The molecular weight excluding hydrogens is 200 g/mol. The van der Waals surface area contributed by atoms with E-state index in [1.165, 1.54) is 6.20 Å². The van der Waals surface area contributed by atoms with Crippen LogP contribution in [0.2, 0.25) is 0 Å². The van der Waals surface area contributed by atoms with E-state index in [4.69, 9.17) is 5.73 Å². The summed E-state index contributed by atoms with van der Waals surface area (Å²) < 4.78 is 25.9. The first kappa shape index (κ1) is 10.4. The fraction of sp³-hybridized carbons (Fsp3) is 0.600. The number of nitrogens with two attached hydrogens (primary N) is 1. The van der Waals surface area contributed by atoms with Gasteiger partial charge in [0, 0.05) is 25.2 Å². The van der Waals surface area contributed by atoms with Crippen molar-refractivity contribution in [2.75, 3.05) is 0 Å². The Kier molecular flexibility index (Phi) is 2.42.